The molecule has 0 unspecified atom stereocenters. The lowest BCUT2D eigenvalue weighted by Crippen LogP contribution is -2.09. The first-order valence-corrected chi connectivity index (χ1v) is 8.13. The third kappa shape index (κ3) is 5.08. The van der Waals surface area contributed by atoms with Crippen molar-refractivity contribution in [2.45, 2.75) is 6.54 Å². The summed E-state index contributed by atoms with van der Waals surface area (Å²) in [5, 5.41) is 14.9. The lowest BCUT2D eigenvalue weighted by atomic mass is 10.2. The standard InChI is InChI=1S/C18H17F2N5O2/c19-14-4-3-13(8-15(14)20)27-18-12(2-1-5-22-18)10-23-17-9-16(21-6-7-26)24-11-25-17/h1-5,8-9,11,26H,6-7,10H2,(H2,21,23,24,25). The van der Waals surface area contributed by atoms with Gasteiger partial charge in [-0.05, 0) is 18.2 Å². The molecule has 7 nitrogen and oxygen atoms in total. The van der Waals surface area contributed by atoms with Gasteiger partial charge in [0, 0.05) is 37.0 Å². The highest BCUT2D eigenvalue weighted by Crippen LogP contribution is 2.25. The molecule has 9 heteroatoms. The molecule has 27 heavy (non-hydrogen) atoms. The Morgan fingerprint density at radius 2 is 1.78 bits per heavy atom. The van der Waals surface area contributed by atoms with Crippen molar-refractivity contribution < 1.29 is 18.6 Å². The second-order valence-electron chi connectivity index (χ2n) is 5.44. The summed E-state index contributed by atoms with van der Waals surface area (Å²) < 4.78 is 32.0. The topological polar surface area (TPSA) is 92.2 Å². The van der Waals surface area contributed by atoms with E-state index >= 15 is 0 Å². The number of hydrogen-bond donors (Lipinski definition) is 3. The average molecular weight is 373 g/mol. The fourth-order valence-corrected chi connectivity index (χ4v) is 2.22. The third-order valence-electron chi connectivity index (χ3n) is 3.50. The van der Waals surface area contributed by atoms with Crippen LogP contribution in [0.2, 0.25) is 0 Å². The molecule has 0 fully saturated rings. The van der Waals surface area contributed by atoms with Gasteiger partial charge in [-0.3, -0.25) is 0 Å². The summed E-state index contributed by atoms with van der Waals surface area (Å²) >= 11 is 0. The van der Waals surface area contributed by atoms with Crippen molar-refractivity contribution in [2.24, 2.45) is 0 Å². The molecule has 0 amide bonds. The first kappa shape index (κ1) is 18.5. The van der Waals surface area contributed by atoms with Crippen molar-refractivity contribution in [3.63, 3.8) is 0 Å². The van der Waals surface area contributed by atoms with Crippen molar-refractivity contribution in [1.82, 2.24) is 15.0 Å². The number of aliphatic hydroxyl groups excluding tert-OH is 1. The lowest BCUT2D eigenvalue weighted by molar-refractivity contribution is 0.311. The van der Waals surface area contributed by atoms with E-state index in [9.17, 15) is 8.78 Å². The van der Waals surface area contributed by atoms with Gasteiger partial charge in [-0.25, -0.2) is 23.7 Å². The van der Waals surface area contributed by atoms with Crippen LogP contribution in [0.25, 0.3) is 0 Å². The highest BCUT2D eigenvalue weighted by atomic mass is 19.2. The number of pyridine rings is 1. The minimum absolute atomic E-state index is 0.00682. The Morgan fingerprint density at radius 3 is 2.56 bits per heavy atom. The van der Waals surface area contributed by atoms with Gasteiger partial charge in [-0.1, -0.05) is 6.07 Å². The number of aromatic nitrogens is 3. The van der Waals surface area contributed by atoms with Gasteiger partial charge in [0.2, 0.25) is 5.88 Å². The number of nitrogens with zero attached hydrogens (tertiary/aromatic N) is 3. The predicted molar refractivity (Wildman–Crippen MR) is 95.6 cm³/mol. The first-order chi connectivity index (χ1) is 13.2. The Hall–Kier alpha value is -3.33. The molecular weight excluding hydrogens is 356 g/mol. The summed E-state index contributed by atoms with van der Waals surface area (Å²) in [6.07, 6.45) is 2.93. The number of hydrogen-bond acceptors (Lipinski definition) is 7. The Bertz CT molecular complexity index is 910. The molecule has 3 aromatic rings. The summed E-state index contributed by atoms with van der Waals surface area (Å²) in [5.41, 5.74) is 0.700. The molecule has 0 radical (unpaired) electrons. The minimum atomic E-state index is -0.994. The van der Waals surface area contributed by atoms with E-state index in [1.54, 1.807) is 24.4 Å². The summed E-state index contributed by atoms with van der Waals surface area (Å²) in [5.74, 6) is -0.388. The number of ether oxygens (including phenoxy) is 1. The Balaban J connectivity index is 1.70. The first-order valence-electron chi connectivity index (χ1n) is 8.13. The van der Waals surface area contributed by atoms with Crippen molar-refractivity contribution in [1.29, 1.82) is 0 Å². The second-order valence-corrected chi connectivity index (χ2v) is 5.44. The molecule has 0 atom stereocenters. The van der Waals surface area contributed by atoms with Crippen LogP contribution in [0.15, 0.2) is 48.9 Å². The molecule has 3 rings (SSSR count). The number of halogens is 2. The number of anilines is 2. The number of nitrogens with one attached hydrogen (secondary N) is 2. The molecule has 0 aliphatic rings. The number of rotatable bonds is 8. The van der Waals surface area contributed by atoms with Crippen molar-refractivity contribution in [3.05, 3.63) is 66.1 Å². The zero-order chi connectivity index (χ0) is 19.1. The average Bonchev–Trinajstić information content (AvgIpc) is 2.69. The highest BCUT2D eigenvalue weighted by Gasteiger charge is 2.09. The maximum Gasteiger partial charge on any atom is 0.224 e. The van der Waals surface area contributed by atoms with Gasteiger partial charge in [-0.15, -0.1) is 0 Å². The summed E-state index contributed by atoms with van der Waals surface area (Å²) in [7, 11) is 0. The maximum atomic E-state index is 13.4. The Kier molecular flexibility index (Phi) is 6.06. The van der Waals surface area contributed by atoms with E-state index in [-0.39, 0.29) is 18.2 Å². The van der Waals surface area contributed by atoms with E-state index in [4.69, 9.17) is 9.84 Å². The van der Waals surface area contributed by atoms with Gasteiger partial charge in [-0.2, -0.15) is 0 Å². The van der Waals surface area contributed by atoms with Crippen molar-refractivity contribution >= 4 is 11.6 Å². The molecular formula is C18H17F2N5O2. The van der Waals surface area contributed by atoms with Crippen LogP contribution in [-0.2, 0) is 6.54 Å². The van der Waals surface area contributed by atoms with E-state index < -0.39 is 11.6 Å². The Labute approximate surface area is 154 Å². The van der Waals surface area contributed by atoms with Crippen LogP contribution < -0.4 is 15.4 Å². The molecule has 140 valence electrons. The zero-order valence-corrected chi connectivity index (χ0v) is 14.2. The maximum absolute atomic E-state index is 13.4. The van der Waals surface area contributed by atoms with Crippen LogP contribution in [0.3, 0.4) is 0 Å². The molecule has 0 saturated heterocycles. The van der Waals surface area contributed by atoms with Crippen LogP contribution in [0, 0.1) is 11.6 Å². The van der Waals surface area contributed by atoms with E-state index in [2.05, 4.69) is 25.6 Å². The smallest absolute Gasteiger partial charge is 0.224 e. The fraction of sp³-hybridized carbons (Fsp3) is 0.167. The van der Waals surface area contributed by atoms with E-state index in [0.717, 1.165) is 12.1 Å². The molecule has 0 spiro atoms. The highest BCUT2D eigenvalue weighted by molar-refractivity contribution is 5.47. The summed E-state index contributed by atoms with van der Waals surface area (Å²) in [6.45, 7) is 0.710. The summed E-state index contributed by atoms with van der Waals surface area (Å²) in [6, 6.07) is 8.51. The molecule has 2 heterocycles. The van der Waals surface area contributed by atoms with Crippen LogP contribution in [-0.4, -0.2) is 33.2 Å². The van der Waals surface area contributed by atoms with Crippen LogP contribution in [0.4, 0.5) is 20.4 Å². The van der Waals surface area contributed by atoms with E-state index in [1.807, 2.05) is 0 Å². The van der Waals surface area contributed by atoms with Crippen LogP contribution in [0.5, 0.6) is 11.6 Å². The van der Waals surface area contributed by atoms with Crippen molar-refractivity contribution in [2.75, 3.05) is 23.8 Å². The monoisotopic (exact) mass is 373 g/mol. The van der Waals surface area contributed by atoms with Crippen molar-refractivity contribution in [3.8, 4) is 11.6 Å². The van der Waals surface area contributed by atoms with Crippen LogP contribution >= 0.6 is 0 Å². The molecule has 0 aliphatic heterocycles. The zero-order valence-electron chi connectivity index (χ0n) is 14.2. The molecule has 1 aromatic carbocycles. The van der Waals surface area contributed by atoms with Gasteiger partial charge < -0.3 is 20.5 Å². The van der Waals surface area contributed by atoms with Gasteiger partial charge in [0.1, 0.15) is 23.7 Å². The predicted octanol–water partition coefficient (Wildman–Crippen LogP) is 2.96. The molecule has 3 N–H and O–H groups in total. The molecule has 0 aliphatic carbocycles. The minimum Gasteiger partial charge on any atom is -0.439 e. The lowest BCUT2D eigenvalue weighted by Gasteiger charge is -2.12. The summed E-state index contributed by atoms with van der Waals surface area (Å²) in [4.78, 5) is 12.3. The van der Waals surface area contributed by atoms with Crippen LogP contribution in [0.1, 0.15) is 5.56 Å². The third-order valence-corrected chi connectivity index (χ3v) is 3.50. The SMILES string of the molecule is OCCNc1cc(NCc2cccnc2Oc2ccc(F)c(F)c2)ncn1. The molecule has 2 aromatic heterocycles. The number of benzene rings is 1. The molecule has 0 saturated carbocycles. The molecule has 0 bridgehead atoms. The van der Waals surface area contributed by atoms with E-state index in [0.29, 0.717) is 30.3 Å². The van der Waals surface area contributed by atoms with E-state index in [1.165, 1.54) is 12.4 Å². The second kappa shape index (κ2) is 8.86. The Morgan fingerprint density at radius 1 is 0.963 bits per heavy atom. The largest absolute Gasteiger partial charge is 0.439 e. The quantitative estimate of drug-likeness (QED) is 0.559. The number of aliphatic hydroxyl groups is 1. The van der Waals surface area contributed by atoms with Gasteiger partial charge in [0.15, 0.2) is 11.6 Å². The normalized spacial score (nSPS) is 10.5. The van der Waals surface area contributed by atoms with Gasteiger partial charge >= 0.3 is 0 Å². The van der Waals surface area contributed by atoms with Gasteiger partial charge in [0.25, 0.3) is 0 Å². The van der Waals surface area contributed by atoms with Gasteiger partial charge in [0.05, 0.1) is 6.61 Å². The fourth-order valence-electron chi connectivity index (χ4n) is 2.22.